The minimum atomic E-state index is -0.113. The molecule has 0 bridgehead atoms. The highest BCUT2D eigenvalue weighted by Gasteiger charge is 2.23. The van der Waals surface area contributed by atoms with Gasteiger partial charge in [-0.15, -0.1) is 5.10 Å². The number of fused-ring (bicyclic) bond motifs is 1. The van der Waals surface area contributed by atoms with Crippen LogP contribution in [0, 0.1) is 0 Å². The maximum Gasteiger partial charge on any atom is 0.242 e. The number of carbonyl (C=O) groups excluding carboxylic acids is 1. The van der Waals surface area contributed by atoms with Gasteiger partial charge in [-0.05, 0) is 18.9 Å². The van der Waals surface area contributed by atoms with E-state index in [-0.39, 0.29) is 18.5 Å². The fourth-order valence-corrected chi connectivity index (χ4v) is 2.66. The molecule has 0 unspecified atom stereocenters. The van der Waals surface area contributed by atoms with E-state index in [4.69, 9.17) is 16.3 Å². The van der Waals surface area contributed by atoms with Crippen molar-refractivity contribution in [3.05, 3.63) is 41.2 Å². The highest BCUT2D eigenvalue weighted by molar-refractivity contribution is 6.32. The SMILES string of the molecule is O=C(Cn1ccnn1)N[C@H]1CCCOc2c(Cl)cccc21. The van der Waals surface area contributed by atoms with Crippen LogP contribution < -0.4 is 10.1 Å². The Morgan fingerprint density at radius 3 is 3.24 bits per heavy atom. The molecule has 1 amide bonds. The van der Waals surface area contributed by atoms with Gasteiger partial charge in [-0.3, -0.25) is 4.79 Å². The van der Waals surface area contributed by atoms with Crippen molar-refractivity contribution in [3.63, 3.8) is 0 Å². The molecule has 1 aliphatic heterocycles. The molecular weight excluding hydrogens is 292 g/mol. The van der Waals surface area contributed by atoms with Crippen molar-refractivity contribution in [2.75, 3.05) is 6.61 Å². The summed E-state index contributed by atoms with van der Waals surface area (Å²) >= 11 is 6.17. The van der Waals surface area contributed by atoms with Crippen LogP contribution in [0.2, 0.25) is 5.02 Å². The van der Waals surface area contributed by atoms with E-state index in [1.807, 2.05) is 12.1 Å². The molecule has 0 aliphatic carbocycles. The quantitative estimate of drug-likeness (QED) is 0.941. The number of benzene rings is 1. The summed E-state index contributed by atoms with van der Waals surface area (Å²) in [4.78, 5) is 12.1. The number of aromatic nitrogens is 3. The van der Waals surface area contributed by atoms with Crippen molar-refractivity contribution in [1.82, 2.24) is 20.3 Å². The van der Waals surface area contributed by atoms with E-state index in [0.717, 1.165) is 18.4 Å². The van der Waals surface area contributed by atoms with Crippen molar-refractivity contribution in [2.45, 2.75) is 25.4 Å². The fourth-order valence-electron chi connectivity index (χ4n) is 2.42. The minimum absolute atomic E-state index is 0.0998. The van der Waals surface area contributed by atoms with Gasteiger partial charge in [0.1, 0.15) is 12.3 Å². The Bertz CT molecular complexity index is 630. The Morgan fingerprint density at radius 2 is 2.43 bits per heavy atom. The fraction of sp³-hybridized carbons (Fsp3) is 0.357. The van der Waals surface area contributed by atoms with Gasteiger partial charge in [-0.2, -0.15) is 0 Å². The Hall–Kier alpha value is -2.08. The van der Waals surface area contributed by atoms with Gasteiger partial charge in [0.25, 0.3) is 0 Å². The highest BCUT2D eigenvalue weighted by atomic mass is 35.5. The Morgan fingerprint density at radius 1 is 1.52 bits per heavy atom. The van der Waals surface area contributed by atoms with Gasteiger partial charge in [0, 0.05) is 11.8 Å². The topological polar surface area (TPSA) is 69.0 Å². The zero-order valence-corrected chi connectivity index (χ0v) is 12.1. The number of hydrogen-bond donors (Lipinski definition) is 1. The summed E-state index contributed by atoms with van der Waals surface area (Å²) in [5.74, 6) is 0.557. The van der Waals surface area contributed by atoms with Crippen molar-refractivity contribution < 1.29 is 9.53 Å². The first-order valence-corrected chi connectivity index (χ1v) is 7.16. The Balaban J connectivity index is 1.76. The summed E-state index contributed by atoms with van der Waals surface area (Å²) < 4.78 is 7.17. The molecule has 1 aliphatic rings. The monoisotopic (exact) mass is 306 g/mol. The van der Waals surface area contributed by atoms with Gasteiger partial charge < -0.3 is 10.1 Å². The molecule has 110 valence electrons. The maximum atomic E-state index is 12.1. The molecular formula is C14H15ClN4O2. The molecule has 2 heterocycles. The van der Waals surface area contributed by atoms with E-state index in [1.165, 1.54) is 4.68 Å². The second-order valence-corrected chi connectivity index (χ2v) is 5.28. The van der Waals surface area contributed by atoms with Crippen LogP contribution in [-0.2, 0) is 11.3 Å². The third-order valence-corrected chi connectivity index (χ3v) is 3.67. The van der Waals surface area contributed by atoms with E-state index in [1.54, 1.807) is 18.5 Å². The van der Waals surface area contributed by atoms with Crippen LogP contribution >= 0.6 is 11.6 Å². The first kappa shape index (κ1) is 13.9. The third-order valence-electron chi connectivity index (χ3n) is 3.37. The summed E-state index contributed by atoms with van der Waals surface area (Å²) in [6.45, 7) is 0.749. The average Bonchev–Trinajstić information content (AvgIpc) is 2.87. The van der Waals surface area contributed by atoms with Gasteiger partial charge >= 0.3 is 0 Å². The lowest BCUT2D eigenvalue weighted by Crippen LogP contribution is -2.31. The van der Waals surface area contributed by atoms with Gasteiger partial charge in [0.05, 0.1) is 23.9 Å². The summed E-state index contributed by atoms with van der Waals surface area (Å²) in [6.07, 6.45) is 4.87. The molecule has 0 radical (unpaired) electrons. The van der Waals surface area contributed by atoms with Crippen LogP contribution in [0.3, 0.4) is 0 Å². The van der Waals surface area contributed by atoms with Gasteiger partial charge in [-0.25, -0.2) is 4.68 Å². The van der Waals surface area contributed by atoms with Crippen LogP contribution in [0.1, 0.15) is 24.4 Å². The lowest BCUT2D eigenvalue weighted by molar-refractivity contribution is -0.122. The van der Waals surface area contributed by atoms with E-state index in [0.29, 0.717) is 17.4 Å². The maximum absolute atomic E-state index is 12.1. The first-order valence-electron chi connectivity index (χ1n) is 6.79. The van der Waals surface area contributed by atoms with Gasteiger partial charge in [-0.1, -0.05) is 28.9 Å². The van der Waals surface area contributed by atoms with Crippen LogP contribution in [0.4, 0.5) is 0 Å². The number of carbonyl (C=O) groups is 1. The molecule has 6 nitrogen and oxygen atoms in total. The zero-order chi connectivity index (χ0) is 14.7. The number of amides is 1. The van der Waals surface area contributed by atoms with Crippen LogP contribution in [0.5, 0.6) is 5.75 Å². The first-order chi connectivity index (χ1) is 10.2. The molecule has 1 N–H and O–H groups in total. The number of nitrogens with zero attached hydrogens (tertiary/aromatic N) is 3. The molecule has 1 aromatic carbocycles. The third kappa shape index (κ3) is 3.16. The molecule has 2 aromatic rings. The molecule has 0 saturated heterocycles. The molecule has 3 rings (SSSR count). The molecule has 0 spiro atoms. The van der Waals surface area contributed by atoms with Crippen molar-refractivity contribution in [2.24, 2.45) is 0 Å². The van der Waals surface area contributed by atoms with Gasteiger partial charge in [0.2, 0.25) is 5.91 Å². The van der Waals surface area contributed by atoms with E-state index in [9.17, 15) is 4.79 Å². The molecule has 1 aromatic heterocycles. The number of nitrogens with one attached hydrogen (secondary N) is 1. The Kier molecular flexibility index (Phi) is 4.06. The van der Waals surface area contributed by atoms with Crippen molar-refractivity contribution in [3.8, 4) is 5.75 Å². The number of rotatable bonds is 3. The highest BCUT2D eigenvalue weighted by Crippen LogP contribution is 2.36. The zero-order valence-electron chi connectivity index (χ0n) is 11.3. The summed E-state index contributed by atoms with van der Waals surface area (Å²) in [7, 11) is 0. The summed E-state index contributed by atoms with van der Waals surface area (Å²) in [5.41, 5.74) is 0.923. The second kappa shape index (κ2) is 6.13. The predicted octanol–water partition coefficient (Wildman–Crippen LogP) is 1.96. The minimum Gasteiger partial charge on any atom is -0.492 e. The molecule has 21 heavy (non-hydrogen) atoms. The number of hydrogen-bond acceptors (Lipinski definition) is 4. The Labute approximate surface area is 127 Å². The number of para-hydroxylation sites is 1. The van der Waals surface area contributed by atoms with E-state index >= 15 is 0 Å². The lowest BCUT2D eigenvalue weighted by atomic mass is 10.0. The van der Waals surface area contributed by atoms with Crippen LogP contribution in [0.25, 0.3) is 0 Å². The van der Waals surface area contributed by atoms with Gasteiger partial charge in [0.15, 0.2) is 0 Å². The van der Waals surface area contributed by atoms with E-state index in [2.05, 4.69) is 15.6 Å². The van der Waals surface area contributed by atoms with E-state index < -0.39 is 0 Å². The average molecular weight is 307 g/mol. The lowest BCUT2D eigenvalue weighted by Gasteiger charge is -2.18. The largest absolute Gasteiger partial charge is 0.492 e. The number of halogens is 1. The van der Waals surface area contributed by atoms with Crippen LogP contribution in [-0.4, -0.2) is 27.5 Å². The van der Waals surface area contributed by atoms with Crippen molar-refractivity contribution >= 4 is 17.5 Å². The van der Waals surface area contributed by atoms with Crippen molar-refractivity contribution in [1.29, 1.82) is 0 Å². The molecule has 7 heteroatoms. The molecule has 0 fully saturated rings. The smallest absolute Gasteiger partial charge is 0.242 e. The predicted molar refractivity (Wildman–Crippen MR) is 77.1 cm³/mol. The molecule has 1 atom stereocenters. The summed E-state index contributed by atoms with van der Waals surface area (Å²) in [5, 5.41) is 11.1. The summed E-state index contributed by atoms with van der Waals surface area (Å²) in [6, 6.07) is 5.50. The standard InChI is InChI=1S/C14H15ClN4O2/c15-11-4-1-3-10-12(5-2-8-21-14(10)11)17-13(20)9-19-7-6-16-18-19/h1,3-4,6-7,12H,2,5,8-9H2,(H,17,20)/t12-/m0/s1. The normalized spacial score (nSPS) is 17.5. The van der Waals surface area contributed by atoms with Crippen LogP contribution in [0.15, 0.2) is 30.6 Å². The molecule has 0 saturated carbocycles. The second-order valence-electron chi connectivity index (χ2n) is 4.87. The number of ether oxygens (including phenoxy) is 1.